The monoisotopic (exact) mass is 328 g/mol. The Bertz CT molecular complexity index is 874. The summed E-state index contributed by atoms with van der Waals surface area (Å²) in [5, 5.41) is 0. The number of hydrogen-bond donors (Lipinski definition) is 0. The average molecular weight is 328 g/mol. The minimum Gasteiger partial charge on any atom is -0.497 e. The van der Waals surface area contributed by atoms with E-state index in [0.29, 0.717) is 0 Å². The molecule has 0 aromatic heterocycles. The molecule has 1 atom stereocenters. The first-order valence-corrected chi connectivity index (χ1v) is 8.15. The Morgan fingerprint density at radius 3 is 2.08 bits per heavy atom. The third-order valence-corrected chi connectivity index (χ3v) is 4.02. The molecule has 124 valence electrons. The second kappa shape index (κ2) is 8.08. The van der Waals surface area contributed by atoms with Crippen molar-refractivity contribution in [2.75, 3.05) is 14.2 Å². The van der Waals surface area contributed by atoms with Crippen LogP contribution in [0.25, 0.3) is 0 Å². The maximum Gasteiger partial charge on any atom is 0.127 e. The molecule has 3 aromatic rings. The Balaban J connectivity index is 2.08. The molecule has 0 saturated carbocycles. The van der Waals surface area contributed by atoms with Crippen molar-refractivity contribution in [1.29, 1.82) is 0 Å². The van der Waals surface area contributed by atoms with Crippen molar-refractivity contribution in [3.63, 3.8) is 0 Å². The van der Waals surface area contributed by atoms with Gasteiger partial charge >= 0.3 is 0 Å². The van der Waals surface area contributed by atoms with Crippen molar-refractivity contribution >= 4 is 0 Å². The zero-order valence-corrected chi connectivity index (χ0v) is 14.4. The first-order chi connectivity index (χ1) is 12.3. The number of benzene rings is 3. The second-order valence-electron chi connectivity index (χ2n) is 5.59. The Labute approximate surface area is 149 Å². The molecule has 0 heterocycles. The zero-order valence-electron chi connectivity index (χ0n) is 14.4. The van der Waals surface area contributed by atoms with Gasteiger partial charge in [0.15, 0.2) is 0 Å². The molecular weight excluding hydrogens is 308 g/mol. The van der Waals surface area contributed by atoms with Crippen LogP contribution >= 0.6 is 0 Å². The van der Waals surface area contributed by atoms with E-state index in [0.717, 1.165) is 28.2 Å². The highest BCUT2D eigenvalue weighted by molar-refractivity contribution is 5.51. The highest BCUT2D eigenvalue weighted by atomic mass is 16.5. The molecule has 0 aliphatic heterocycles. The van der Waals surface area contributed by atoms with Gasteiger partial charge in [-0.25, -0.2) is 0 Å². The van der Waals surface area contributed by atoms with E-state index in [1.165, 1.54) is 0 Å². The molecule has 1 unspecified atom stereocenters. The Morgan fingerprint density at radius 2 is 1.44 bits per heavy atom. The van der Waals surface area contributed by atoms with Crippen LogP contribution in [0.3, 0.4) is 0 Å². The SMILES string of the molecule is COc1ccc(C(C#Cc2ccccc2)c2ccccc2)c(OC)c1. The van der Waals surface area contributed by atoms with Crippen LogP contribution in [-0.2, 0) is 0 Å². The van der Waals surface area contributed by atoms with Gasteiger partial charge < -0.3 is 9.47 Å². The predicted molar refractivity (Wildman–Crippen MR) is 101 cm³/mol. The van der Waals surface area contributed by atoms with E-state index in [2.05, 4.69) is 24.0 Å². The van der Waals surface area contributed by atoms with E-state index in [-0.39, 0.29) is 5.92 Å². The fourth-order valence-electron chi connectivity index (χ4n) is 2.72. The molecule has 0 aliphatic carbocycles. The molecule has 0 fully saturated rings. The van der Waals surface area contributed by atoms with Gasteiger partial charge in [0, 0.05) is 17.2 Å². The summed E-state index contributed by atoms with van der Waals surface area (Å²) in [5.41, 5.74) is 3.16. The van der Waals surface area contributed by atoms with E-state index >= 15 is 0 Å². The standard InChI is InChI=1S/C23H20O2/c1-24-20-14-16-22(23(17-20)25-2)21(19-11-7-4-8-12-19)15-13-18-9-5-3-6-10-18/h3-12,14,16-17,21H,1-2H3. The Morgan fingerprint density at radius 1 is 0.760 bits per heavy atom. The van der Waals surface area contributed by atoms with Crippen LogP contribution in [0.4, 0.5) is 0 Å². The van der Waals surface area contributed by atoms with Crippen molar-refractivity contribution in [1.82, 2.24) is 0 Å². The van der Waals surface area contributed by atoms with Crippen molar-refractivity contribution in [3.05, 3.63) is 95.6 Å². The molecule has 3 rings (SSSR count). The summed E-state index contributed by atoms with van der Waals surface area (Å²) >= 11 is 0. The summed E-state index contributed by atoms with van der Waals surface area (Å²) in [6, 6.07) is 26.1. The van der Waals surface area contributed by atoms with Crippen molar-refractivity contribution < 1.29 is 9.47 Å². The van der Waals surface area contributed by atoms with Crippen molar-refractivity contribution in [2.24, 2.45) is 0 Å². The molecule has 2 nitrogen and oxygen atoms in total. The molecular formula is C23H20O2. The third kappa shape index (κ3) is 4.02. The smallest absolute Gasteiger partial charge is 0.127 e. The first kappa shape index (κ1) is 16.7. The number of methoxy groups -OCH3 is 2. The number of rotatable bonds is 4. The van der Waals surface area contributed by atoms with Gasteiger partial charge in [0.1, 0.15) is 11.5 Å². The van der Waals surface area contributed by atoms with Gasteiger partial charge in [0.25, 0.3) is 0 Å². The molecule has 0 bridgehead atoms. The quantitative estimate of drug-likeness (QED) is 0.635. The van der Waals surface area contributed by atoms with E-state index in [4.69, 9.17) is 9.47 Å². The first-order valence-electron chi connectivity index (χ1n) is 8.15. The van der Waals surface area contributed by atoms with Crippen LogP contribution in [-0.4, -0.2) is 14.2 Å². The van der Waals surface area contributed by atoms with Crippen LogP contribution in [0.2, 0.25) is 0 Å². The van der Waals surface area contributed by atoms with Gasteiger partial charge in [-0.3, -0.25) is 0 Å². The van der Waals surface area contributed by atoms with Crippen molar-refractivity contribution in [2.45, 2.75) is 5.92 Å². The van der Waals surface area contributed by atoms with Gasteiger partial charge in [-0.15, -0.1) is 0 Å². The summed E-state index contributed by atoms with van der Waals surface area (Å²) in [6.45, 7) is 0. The van der Waals surface area contributed by atoms with Crippen molar-refractivity contribution in [3.8, 4) is 23.3 Å². The summed E-state index contributed by atoms with van der Waals surface area (Å²) < 4.78 is 10.9. The molecule has 0 amide bonds. The van der Waals surface area contributed by atoms with Crippen LogP contribution < -0.4 is 9.47 Å². The topological polar surface area (TPSA) is 18.5 Å². The largest absolute Gasteiger partial charge is 0.497 e. The molecule has 3 aromatic carbocycles. The second-order valence-corrected chi connectivity index (χ2v) is 5.59. The lowest BCUT2D eigenvalue weighted by Gasteiger charge is -2.16. The lowest BCUT2D eigenvalue weighted by atomic mass is 9.90. The van der Waals surface area contributed by atoms with Gasteiger partial charge in [-0.05, 0) is 23.8 Å². The van der Waals surface area contributed by atoms with Crippen LogP contribution in [0.15, 0.2) is 78.9 Å². The van der Waals surface area contributed by atoms with Gasteiger partial charge in [0.2, 0.25) is 0 Å². The maximum absolute atomic E-state index is 5.59. The molecule has 0 saturated heterocycles. The summed E-state index contributed by atoms with van der Waals surface area (Å²) in [7, 11) is 3.32. The van der Waals surface area contributed by atoms with Crippen LogP contribution in [0, 0.1) is 11.8 Å². The Kier molecular flexibility index (Phi) is 5.39. The molecule has 0 spiro atoms. The summed E-state index contributed by atoms with van der Waals surface area (Å²) in [5.74, 6) is 8.15. The minimum atomic E-state index is -0.0812. The lowest BCUT2D eigenvalue weighted by Crippen LogP contribution is -2.02. The zero-order chi connectivity index (χ0) is 17.5. The fraction of sp³-hybridized carbons (Fsp3) is 0.130. The van der Waals surface area contributed by atoms with Crippen LogP contribution in [0.1, 0.15) is 22.6 Å². The molecule has 0 aliphatic rings. The number of hydrogen-bond acceptors (Lipinski definition) is 2. The molecule has 0 N–H and O–H groups in total. The summed E-state index contributed by atoms with van der Waals surface area (Å²) in [6.07, 6.45) is 0. The van der Waals surface area contributed by atoms with E-state index < -0.39 is 0 Å². The normalized spacial score (nSPS) is 11.1. The third-order valence-electron chi connectivity index (χ3n) is 4.02. The van der Waals surface area contributed by atoms with E-state index in [9.17, 15) is 0 Å². The average Bonchev–Trinajstić information content (AvgIpc) is 2.70. The van der Waals surface area contributed by atoms with Gasteiger partial charge in [-0.2, -0.15) is 0 Å². The van der Waals surface area contributed by atoms with Gasteiger partial charge in [-0.1, -0.05) is 66.4 Å². The fourth-order valence-corrected chi connectivity index (χ4v) is 2.72. The predicted octanol–water partition coefficient (Wildman–Crippen LogP) is 4.89. The van der Waals surface area contributed by atoms with E-state index in [1.54, 1.807) is 14.2 Å². The molecule has 25 heavy (non-hydrogen) atoms. The molecule has 0 radical (unpaired) electrons. The van der Waals surface area contributed by atoms with E-state index in [1.807, 2.05) is 66.7 Å². The number of ether oxygens (including phenoxy) is 2. The van der Waals surface area contributed by atoms with Gasteiger partial charge in [0.05, 0.1) is 20.1 Å². The molecule has 2 heteroatoms. The Hall–Kier alpha value is -3.18. The summed E-state index contributed by atoms with van der Waals surface area (Å²) in [4.78, 5) is 0. The highest BCUT2D eigenvalue weighted by Gasteiger charge is 2.17. The lowest BCUT2D eigenvalue weighted by molar-refractivity contribution is 0.391. The van der Waals surface area contributed by atoms with Crippen LogP contribution in [0.5, 0.6) is 11.5 Å². The minimum absolute atomic E-state index is 0.0812. The maximum atomic E-state index is 5.59. The highest BCUT2D eigenvalue weighted by Crippen LogP contribution is 2.34.